The molecule has 3 N–H and O–H groups in total. The van der Waals surface area contributed by atoms with Gasteiger partial charge in [0.1, 0.15) is 11.3 Å². The maximum absolute atomic E-state index is 12.3. The van der Waals surface area contributed by atoms with Crippen molar-refractivity contribution in [1.82, 2.24) is 4.90 Å². The van der Waals surface area contributed by atoms with Crippen LogP contribution in [0.25, 0.3) is 0 Å². The van der Waals surface area contributed by atoms with Crippen molar-refractivity contribution in [3.63, 3.8) is 0 Å². The molecule has 0 aromatic heterocycles. The monoisotopic (exact) mass is 286 g/mol. The topological polar surface area (TPSA) is 85.0 Å². The standard InChI is InChI=1S/C14H26N2O4/c1-13(2,3)20-12(18)16-10(9-19-14(16,4)5)11(17)7-6-8-15/h6-7,10-11,17H,8-9,15H2,1-5H3/b7-6+/t10-,11+/m0/s1. The minimum atomic E-state index is -0.840. The van der Waals surface area contributed by atoms with Gasteiger partial charge in [0.05, 0.1) is 18.8 Å². The number of carbonyl (C=O) groups is 1. The van der Waals surface area contributed by atoms with Gasteiger partial charge in [0.15, 0.2) is 0 Å². The molecule has 1 amide bonds. The largest absolute Gasteiger partial charge is 0.444 e. The zero-order chi connectivity index (χ0) is 15.6. The van der Waals surface area contributed by atoms with Crippen LogP contribution in [0.1, 0.15) is 34.6 Å². The molecule has 1 aliphatic heterocycles. The van der Waals surface area contributed by atoms with Crippen LogP contribution >= 0.6 is 0 Å². The molecule has 0 aromatic carbocycles. The molecule has 0 aliphatic carbocycles. The number of carbonyl (C=O) groups excluding carboxylic acids is 1. The van der Waals surface area contributed by atoms with Gasteiger partial charge in [0.2, 0.25) is 0 Å². The lowest BCUT2D eigenvalue weighted by molar-refractivity contribution is -0.0660. The molecule has 2 atom stereocenters. The third-order valence-electron chi connectivity index (χ3n) is 2.97. The van der Waals surface area contributed by atoms with Crippen LogP contribution in [0.4, 0.5) is 4.79 Å². The highest BCUT2D eigenvalue weighted by atomic mass is 16.6. The first-order valence-electron chi connectivity index (χ1n) is 6.79. The van der Waals surface area contributed by atoms with Crippen LogP contribution in [0.15, 0.2) is 12.2 Å². The van der Waals surface area contributed by atoms with Crippen molar-refractivity contribution in [3.05, 3.63) is 12.2 Å². The first-order chi connectivity index (χ1) is 9.08. The van der Waals surface area contributed by atoms with E-state index in [9.17, 15) is 9.90 Å². The molecule has 0 aromatic rings. The average molecular weight is 286 g/mol. The molecular weight excluding hydrogens is 260 g/mol. The molecule has 1 aliphatic rings. The summed E-state index contributed by atoms with van der Waals surface area (Å²) in [5.41, 5.74) is 3.96. The Kier molecular flexibility index (Phi) is 5.18. The Bertz CT molecular complexity index is 374. The molecule has 0 spiro atoms. The number of hydrogen-bond donors (Lipinski definition) is 2. The molecule has 1 rings (SSSR count). The van der Waals surface area contributed by atoms with Gasteiger partial charge in [0.25, 0.3) is 0 Å². The Morgan fingerprint density at radius 2 is 2.20 bits per heavy atom. The van der Waals surface area contributed by atoms with Crippen molar-refractivity contribution in [2.75, 3.05) is 13.2 Å². The average Bonchev–Trinajstić information content (AvgIpc) is 2.59. The molecule has 6 heteroatoms. The predicted molar refractivity (Wildman–Crippen MR) is 76.1 cm³/mol. The normalized spacial score (nSPS) is 24.1. The fourth-order valence-corrected chi connectivity index (χ4v) is 2.10. The van der Waals surface area contributed by atoms with E-state index in [0.717, 1.165) is 0 Å². The summed E-state index contributed by atoms with van der Waals surface area (Å²) in [6, 6.07) is -0.484. The minimum absolute atomic E-state index is 0.252. The lowest BCUT2D eigenvalue weighted by Gasteiger charge is -2.36. The first-order valence-corrected chi connectivity index (χ1v) is 6.79. The number of nitrogens with two attached hydrogens (primary N) is 1. The Balaban J connectivity index is 2.90. The Morgan fingerprint density at radius 1 is 1.60 bits per heavy atom. The van der Waals surface area contributed by atoms with Crippen LogP contribution in [0.2, 0.25) is 0 Å². The van der Waals surface area contributed by atoms with E-state index in [1.54, 1.807) is 46.8 Å². The van der Waals surface area contributed by atoms with Gasteiger partial charge >= 0.3 is 6.09 Å². The van der Waals surface area contributed by atoms with Crippen molar-refractivity contribution in [2.45, 2.75) is 58.1 Å². The van der Waals surface area contributed by atoms with Gasteiger partial charge in [-0.25, -0.2) is 4.79 Å². The highest BCUT2D eigenvalue weighted by molar-refractivity contribution is 5.70. The summed E-state index contributed by atoms with van der Waals surface area (Å²) in [6.07, 6.45) is 1.90. The smallest absolute Gasteiger partial charge is 0.413 e. The lowest BCUT2D eigenvalue weighted by atomic mass is 10.1. The SMILES string of the molecule is CC(C)(C)OC(=O)N1[C@H]([C@H](O)/C=C/CN)COC1(C)C. The minimum Gasteiger partial charge on any atom is -0.444 e. The number of rotatable bonds is 3. The molecule has 1 heterocycles. The highest BCUT2D eigenvalue weighted by Gasteiger charge is 2.47. The van der Waals surface area contributed by atoms with Crippen LogP contribution in [0.5, 0.6) is 0 Å². The predicted octanol–water partition coefficient (Wildman–Crippen LogP) is 1.23. The number of nitrogens with zero attached hydrogens (tertiary/aromatic N) is 1. The van der Waals surface area contributed by atoms with Gasteiger partial charge in [-0.3, -0.25) is 4.90 Å². The van der Waals surface area contributed by atoms with E-state index >= 15 is 0 Å². The second-order valence-electron chi connectivity index (χ2n) is 6.33. The maximum atomic E-state index is 12.3. The number of hydrogen-bond acceptors (Lipinski definition) is 5. The maximum Gasteiger partial charge on any atom is 0.413 e. The lowest BCUT2D eigenvalue weighted by Crippen LogP contribution is -2.53. The van der Waals surface area contributed by atoms with E-state index in [0.29, 0.717) is 6.54 Å². The molecule has 1 saturated heterocycles. The first kappa shape index (κ1) is 16.9. The molecular formula is C14H26N2O4. The molecule has 6 nitrogen and oxygen atoms in total. The summed E-state index contributed by atoms with van der Waals surface area (Å²) in [6.45, 7) is 9.53. The highest BCUT2D eigenvalue weighted by Crippen LogP contribution is 2.31. The zero-order valence-corrected chi connectivity index (χ0v) is 12.9. The van der Waals surface area contributed by atoms with Crippen LogP contribution in [0.3, 0.4) is 0 Å². The van der Waals surface area contributed by atoms with E-state index < -0.39 is 29.6 Å². The van der Waals surface area contributed by atoms with Crippen molar-refractivity contribution >= 4 is 6.09 Å². The molecule has 0 bridgehead atoms. The fourth-order valence-electron chi connectivity index (χ4n) is 2.10. The third kappa shape index (κ3) is 4.19. The van der Waals surface area contributed by atoms with Crippen molar-refractivity contribution in [3.8, 4) is 0 Å². The second kappa shape index (κ2) is 6.11. The van der Waals surface area contributed by atoms with Gasteiger partial charge in [-0.2, -0.15) is 0 Å². The van der Waals surface area contributed by atoms with Crippen LogP contribution < -0.4 is 5.73 Å². The molecule has 1 fully saturated rings. The number of aliphatic hydroxyl groups is 1. The van der Waals surface area contributed by atoms with Gasteiger partial charge in [0, 0.05) is 6.54 Å². The van der Waals surface area contributed by atoms with Gasteiger partial charge < -0.3 is 20.3 Å². The van der Waals surface area contributed by atoms with Gasteiger partial charge in [-0.15, -0.1) is 0 Å². The Hall–Kier alpha value is -1.11. The molecule has 0 unspecified atom stereocenters. The van der Waals surface area contributed by atoms with Crippen molar-refractivity contribution < 1.29 is 19.4 Å². The molecule has 0 saturated carbocycles. The summed E-state index contributed by atoms with van der Waals surface area (Å²) in [5, 5.41) is 10.2. The van der Waals surface area contributed by atoms with Crippen LogP contribution in [-0.4, -0.2) is 52.7 Å². The number of ether oxygens (including phenoxy) is 2. The van der Waals surface area contributed by atoms with Crippen molar-refractivity contribution in [2.24, 2.45) is 5.73 Å². The quantitative estimate of drug-likeness (QED) is 0.762. The molecule has 116 valence electrons. The molecule has 0 radical (unpaired) electrons. The molecule has 20 heavy (non-hydrogen) atoms. The summed E-state index contributed by atoms with van der Waals surface area (Å²) < 4.78 is 11.0. The second-order valence-corrected chi connectivity index (χ2v) is 6.33. The van der Waals surface area contributed by atoms with Gasteiger partial charge in [-0.1, -0.05) is 12.2 Å². The summed E-state index contributed by atoms with van der Waals surface area (Å²) in [5.74, 6) is 0. The van der Waals surface area contributed by atoms with Gasteiger partial charge in [-0.05, 0) is 34.6 Å². The zero-order valence-electron chi connectivity index (χ0n) is 12.9. The summed E-state index contributed by atoms with van der Waals surface area (Å²) in [4.78, 5) is 13.8. The van der Waals surface area contributed by atoms with E-state index in [1.807, 2.05) is 0 Å². The van der Waals surface area contributed by atoms with E-state index in [4.69, 9.17) is 15.2 Å². The number of aliphatic hydroxyl groups excluding tert-OH is 1. The van der Waals surface area contributed by atoms with Crippen molar-refractivity contribution in [1.29, 1.82) is 0 Å². The Morgan fingerprint density at radius 3 is 2.70 bits per heavy atom. The summed E-state index contributed by atoms with van der Waals surface area (Å²) >= 11 is 0. The fraction of sp³-hybridized carbons (Fsp3) is 0.786. The van der Waals surface area contributed by atoms with E-state index in [1.165, 1.54) is 4.90 Å². The summed E-state index contributed by atoms with van der Waals surface area (Å²) in [7, 11) is 0. The third-order valence-corrected chi connectivity index (χ3v) is 2.97. The van der Waals surface area contributed by atoms with E-state index in [-0.39, 0.29) is 6.61 Å². The van der Waals surface area contributed by atoms with Crippen LogP contribution in [0, 0.1) is 0 Å². The van der Waals surface area contributed by atoms with Crippen LogP contribution in [-0.2, 0) is 9.47 Å². The number of amides is 1. The van der Waals surface area contributed by atoms with E-state index in [2.05, 4.69) is 0 Å². The Labute approximate surface area is 120 Å².